The van der Waals surface area contributed by atoms with E-state index in [0.29, 0.717) is 11.5 Å². The van der Waals surface area contributed by atoms with Crippen molar-refractivity contribution in [2.24, 2.45) is 7.05 Å². The average molecular weight is 240 g/mol. The van der Waals surface area contributed by atoms with E-state index in [0.717, 1.165) is 16.3 Å². The van der Waals surface area contributed by atoms with Crippen LogP contribution in [0, 0.1) is 0 Å². The Morgan fingerprint density at radius 3 is 3.08 bits per heavy atom. The fraction of sp³-hybridized carbons (Fsp3) is 0.125. The quantitative estimate of drug-likeness (QED) is 0.710. The maximum Gasteiger partial charge on any atom is 0.185 e. The second-order valence-corrected chi connectivity index (χ2v) is 3.56. The molecule has 2 aromatic rings. The van der Waals surface area contributed by atoms with Crippen LogP contribution in [0.1, 0.15) is 10.6 Å². The molecule has 0 aliphatic heterocycles. The summed E-state index contributed by atoms with van der Waals surface area (Å²) >= 11 is 3.29. The zero-order chi connectivity index (χ0) is 9.42. The number of imidazole rings is 1. The van der Waals surface area contributed by atoms with Gasteiger partial charge in [-0.15, -0.1) is 0 Å². The molecule has 0 saturated heterocycles. The van der Waals surface area contributed by atoms with Crippen molar-refractivity contribution < 1.29 is 4.79 Å². The van der Waals surface area contributed by atoms with Gasteiger partial charge in [0.2, 0.25) is 0 Å². The summed E-state index contributed by atoms with van der Waals surface area (Å²) in [5.74, 6) is 0.389. The second-order valence-electron chi connectivity index (χ2n) is 2.64. The van der Waals surface area contributed by atoms with Crippen LogP contribution in [-0.2, 0) is 7.05 Å². The van der Waals surface area contributed by atoms with Gasteiger partial charge < -0.3 is 4.57 Å². The summed E-state index contributed by atoms with van der Waals surface area (Å²) in [5, 5.41) is 0. The van der Waals surface area contributed by atoms with Crippen molar-refractivity contribution in [3.05, 3.63) is 22.6 Å². The van der Waals surface area contributed by atoms with Gasteiger partial charge in [0.05, 0.1) is 0 Å². The molecule has 0 aromatic carbocycles. The third kappa shape index (κ3) is 1.25. The number of nitrogens with zero attached hydrogens (tertiary/aromatic N) is 3. The van der Waals surface area contributed by atoms with Gasteiger partial charge in [-0.05, 0) is 22.0 Å². The summed E-state index contributed by atoms with van der Waals surface area (Å²) < 4.78 is 2.52. The Morgan fingerprint density at radius 1 is 1.62 bits per heavy atom. The first-order valence-electron chi connectivity index (χ1n) is 3.65. The lowest BCUT2D eigenvalue weighted by molar-refractivity contribution is 0.111. The van der Waals surface area contributed by atoms with Crippen LogP contribution in [0.15, 0.2) is 16.7 Å². The molecule has 0 aliphatic carbocycles. The highest BCUT2D eigenvalue weighted by Crippen LogP contribution is 2.16. The molecule has 0 amide bonds. The molecule has 0 aliphatic rings. The Labute approximate surface area is 82.7 Å². The molecule has 4 nitrogen and oxygen atoms in total. The van der Waals surface area contributed by atoms with Crippen molar-refractivity contribution in [3.8, 4) is 0 Å². The number of carbonyl (C=O) groups excluding carboxylic acids is 1. The maximum atomic E-state index is 10.6. The third-order valence-electron chi connectivity index (χ3n) is 1.82. The number of aromatic nitrogens is 3. The van der Waals surface area contributed by atoms with Crippen LogP contribution in [0.25, 0.3) is 11.2 Å². The van der Waals surface area contributed by atoms with Gasteiger partial charge in [-0.3, -0.25) is 4.79 Å². The monoisotopic (exact) mass is 239 g/mol. The summed E-state index contributed by atoms with van der Waals surface area (Å²) in [6.07, 6.45) is 2.40. The molecule has 13 heavy (non-hydrogen) atoms. The second kappa shape index (κ2) is 2.92. The summed E-state index contributed by atoms with van der Waals surface area (Å²) in [6, 6.07) is 1.83. The van der Waals surface area contributed by atoms with Crippen LogP contribution >= 0.6 is 15.9 Å². The molecule has 0 N–H and O–H groups in total. The molecule has 2 aromatic heterocycles. The number of aryl methyl sites for hydroxylation is 1. The van der Waals surface area contributed by atoms with E-state index in [1.165, 1.54) is 0 Å². The van der Waals surface area contributed by atoms with Crippen LogP contribution < -0.4 is 0 Å². The van der Waals surface area contributed by atoms with Crippen LogP contribution in [0.2, 0.25) is 0 Å². The number of hydrogen-bond acceptors (Lipinski definition) is 3. The smallest absolute Gasteiger partial charge is 0.185 e. The van der Waals surface area contributed by atoms with Crippen molar-refractivity contribution in [1.82, 2.24) is 14.5 Å². The van der Waals surface area contributed by atoms with Crippen LogP contribution in [-0.4, -0.2) is 20.8 Å². The number of halogens is 1. The highest BCUT2D eigenvalue weighted by atomic mass is 79.9. The number of aldehydes is 1. The normalized spacial score (nSPS) is 10.6. The summed E-state index contributed by atoms with van der Waals surface area (Å²) in [4.78, 5) is 18.8. The lowest BCUT2D eigenvalue weighted by atomic mass is 10.4. The first-order valence-corrected chi connectivity index (χ1v) is 4.45. The van der Waals surface area contributed by atoms with Crippen molar-refractivity contribution in [3.63, 3.8) is 0 Å². The molecule has 0 bridgehead atoms. The van der Waals surface area contributed by atoms with Gasteiger partial charge in [0.15, 0.2) is 17.8 Å². The summed E-state index contributed by atoms with van der Waals surface area (Å²) in [7, 11) is 1.76. The fourth-order valence-electron chi connectivity index (χ4n) is 1.17. The fourth-order valence-corrected chi connectivity index (χ4v) is 1.49. The number of hydrogen-bond donors (Lipinski definition) is 0. The number of carbonyl (C=O) groups is 1. The molecule has 0 spiro atoms. The SMILES string of the molecule is Cn1c(C=O)nc2cc(Br)cnc21. The van der Waals surface area contributed by atoms with E-state index < -0.39 is 0 Å². The van der Waals surface area contributed by atoms with E-state index in [9.17, 15) is 4.79 Å². The molecular weight excluding hydrogens is 234 g/mol. The van der Waals surface area contributed by atoms with Crippen molar-refractivity contribution in [1.29, 1.82) is 0 Å². The maximum absolute atomic E-state index is 10.6. The number of pyridine rings is 1. The van der Waals surface area contributed by atoms with Crippen molar-refractivity contribution >= 4 is 33.4 Å². The molecule has 0 atom stereocenters. The Morgan fingerprint density at radius 2 is 2.38 bits per heavy atom. The molecule has 0 radical (unpaired) electrons. The van der Waals surface area contributed by atoms with E-state index in [2.05, 4.69) is 25.9 Å². The topological polar surface area (TPSA) is 47.8 Å². The number of rotatable bonds is 1. The first kappa shape index (κ1) is 8.37. The predicted molar refractivity (Wildman–Crippen MR) is 51.6 cm³/mol. The van der Waals surface area contributed by atoms with Gasteiger partial charge >= 0.3 is 0 Å². The zero-order valence-corrected chi connectivity index (χ0v) is 8.45. The highest BCUT2D eigenvalue weighted by Gasteiger charge is 2.07. The lowest BCUT2D eigenvalue weighted by Crippen LogP contribution is -1.95. The minimum Gasteiger partial charge on any atom is -0.310 e. The lowest BCUT2D eigenvalue weighted by Gasteiger charge is -1.93. The van der Waals surface area contributed by atoms with Crippen LogP contribution in [0.5, 0.6) is 0 Å². The minimum atomic E-state index is 0.389. The zero-order valence-electron chi connectivity index (χ0n) is 6.86. The van der Waals surface area contributed by atoms with Crippen molar-refractivity contribution in [2.75, 3.05) is 0 Å². The standard InChI is InChI=1S/C8H6BrN3O/c1-12-7(4-13)11-6-2-5(9)3-10-8(6)12/h2-4H,1H3. The largest absolute Gasteiger partial charge is 0.310 e. The average Bonchev–Trinajstić information content (AvgIpc) is 2.42. The molecule has 2 rings (SSSR count). The molecular formula is C8H6BrN3O. The molecule has 5 heteroatoms. The summed E-state index contributed by atoms with van der Waals surface area (Å²) in [5.41, 5.74) is 1.43. The van der Waals surface area contributed by atoms with Gasteiger partial charge in [0.1, 0.15) is 5.52 Å². The van der Waals surface area contributed by atoms with Crippen molar-refractivity contribution in [2.45, 2.75) is 0 Å². The summed E-state index contributed by atoms with van der Waals surface area (Å²) in [6.45, 7) is 0. The minimum absolute atomic E-state index is 0.389. The Bertz CT molecular complexity index is 477. The van der Waals surface area contributed by atoms with Gasteiger partial charge in [-0.1, -0.05) is 0 Å². The predicted octanol–water partition coefficient (Wildman–Crippen LogP) is 1.54. The van der Waals surface area contributed by atoms with E-state index in [4.69, 9.17) is 0 Å². The Hall–Kier alpha value is -1.23. The van der Waals surface area contributed by atoms with Gasteiger partial charge in [0, 0.05) is 17.7 Å². The number of fused-ring (bicyclic) bond motifs is 1. The third-order valence-corrected chi connectivity index (χ3v) is 2.25. The van der Waals surface area contributed by atoms with Gasteiger partial charge in [0.25, 0.3) is 0 Å². The molecule has 0 fully saturated rings. The van der Waals surface area contributed by atoms with Gasteiger partial charge in [-0.2, -0.15) is 0 Å². The molecule has 66 valence electrons. The first-order chi connectivity index (χ1) is 6.22. The Balaban J connectivity index is 2.83. The van der Waals surface area contributed by atoms with Gasteiger partial charge in [-0.25, -0.2) is 9.97 Å². The van der Waals surface area contributed by atoms with E-state index in [-0.39, 0.29) is 0 Å². The molecule has 0 saturated carbocycles. The Kier molecular flexibility index (Phi) is 1.88. The molecule has 2 heterocycles. The van der Waals surface area contributed by atoms with Crippen LogP contribution in [0.3, 0.4) is 0 Å². The van der Waals surface area contributed by atoms with E-state index in [1.807, 2.05) is 6.07 Å². The highest BCUT2D eigenvalue weighted by molar-refractivity contribution is 9.10. The van der Waals surface area contributed by atoms with E-state index >= 15 is 0 Å². The molecule has 0 unspecified atom stereocenters. The van der Waals surface area contributed by atoms with Crippen LogP contribution in [0.4, 0.5) is 0 Å². The van der Waals surface area contributed by atoms with E-state index in [1.54, 1.807) is 17.8 Å².